The molecule has 1 aliphatic heterocycles. The summed E-state index contributed by atoms with van der Waals surface area (Å²) in [5.74, 6) is 1.44. The first-order chi connectivity index (χ1) is 8.90. The second-order valence-corrected chi connectivity index (χ2v) is 5.59. The lowest BCUT2D eigenvalue weighted by Gasteiger charge is -2.34. The van der Waals surface area contributed by atoms with Crippen LogP contribution in [0, 0.1) is 0 Å². The van der Waals surface area contributed by atoms with Gasteiger partial charge in [0.15, 0.2) is 11.5 Å². The van der Waals surface area contributed by atoms with Crippen LogP contribution in [0.2, 0.25) is 0 Å². The van der Waals surface area contributed by atoms with Crippen LogP contribution in [-0.4, -0.2) is 29.0 Å². The highest BCUT2D eigenvalue weighted by molar-refractivity contribution is 5.72. The molecule has 1 atom stereocenters. The monoisotopic (exact) mass is 242 g/mol. The fraction of sp³-hybridized carbons (Fsp3) is 0.533. The SMILES string of the molecule is c1ccc2oc([C@H]3CCN(C4CCC4)C3)nc2c1. The highest BCUT2D eigenvalue weighted by atomic mass is 16.3. The van der Waals surface area contributed by atoms with Gasteiger partial charge in [-0.05, 0) is 37.9 Å². The molecule has 3 nitrogen and oxygen atoms in total. The van der Waals surface area contributed by atoms with Crippen LogP contribution in [0.4, 0.5) is 0 Å². The van der Waals surface area contributed by atoms with Crippen molar-refractivity contribution in [3.63, 3.8) is 0 Å². The van der Waals surface area contributed by atoms with Crippen molar-refractivity contribution >= 4 is 11.1 Å². The minimum atomic E-state index is 0.498. The Kier molecular flexibility index (Phi) is 2.40. The number of nitrogens with zero attached hydrogens (tertiary/aromatic N) is 2. The van der Waals surface area contributed by atoms with E-state index >= 15 is 0 Å². The van der Waals surface area contributed by atoms with Crippen molar-refractivity contribution in [2.45, 2.75) is 37.6 Å². The molecule has 0 radical (unpaired) electrons. The second-order valence-electron chi connectivity index (χ2n) is 5.59. The Labute approximate surface area is 107 Å². The molecule has 3 heteroatoms. The van der Waals surface area contributed by atoms with Crippen molar-refractivity contribution in [1.29, 1.82) is 0 Å². The molecule has 0 unspecified atom stereocenters. The topological polar surface area (TPSA) is 29.3 Å². The van der Waals surface area contributed by atoms with Crippen molar-refractivity contribution in [2.75, 3.05) is 13.1 Å². The Morgan fingerprint density at radius 1 is 1.17 bits per heavy atom. The summed E-state index contributed by atoms with van der Waals surface area (Å²) >= 11 is 0. The number of benzene rings is 1. The van der Waals surface area contributed by atoms with Gasteiger partial charge in [-0.15, -0.1) is 0 Å². The van der Waals surface area contributed by atoms with Crippen LogP contribution in [0.5, 0.6) is 0 Å². The summed E-state index contributed by atoms with van der Waals surface area (Å²) in [7, 11) is 0. The first-order valence-corrected chi connectivity index (χ1v) is 7.00. The van der Waals surface area contributed by atoms with Gasteiger partial charge in [-0.2, -0.15) is 0 Å². The van der Waals surface area contributed by atoms with Gasteiger partial charge in [0.2, 0.25) is 0 Å². The van der Waals surface area contributed by atoms with Gasteiger partial charge in [-0.1, -0.05) is 18.6 Å². The largest absolute Gasteiger partial charge is 0.440 e. The average molecular weight is 242 g/mol. The molecule has 0 amide bonds. The van der Waals surface area contributed by atoms with E-state index in [9.17, 15) is 0 Å². The molecule has 0 bridgehead atoms. The minimum Gasteiger partial charge on any atom is -0.440 e. The fourth-order valence-corrected chi connectivity index (χ4v) is 3.14. The molecule has 2 aliphatic rings. The van der Waals surface area contributed by atoms with E-state index < -0.39 is 0 Å². The number of oxazole rings is 1. The van der Waals surface area contributed by atoms with Crippen molar-refractivity contribution < 1.29 is 4.42 Å². The van der Waals surface area contributed by atoms with Gasteiger partial charge in [-0.3, -0.25) is 4.90 Å². The van der Waals surface area contributed by atoms with Crippen LogP contribution in [0.3, 0.4) is 0 Å². The lowest BCUT2D eigenvalue weighted by Crippen LogP contribution is -2.38. The molecule has 2 heterocycles. The molecule has 2 fully saturated rings. The van der Waals surface area contributed by atoms with Gasteiger partial charge in [0.25, 0.3) is 0 Å². The van der Waals surface area contributed by atoms with Crippen LogP contribution in [0.1, 0.15) is 37.5 Å². The number of para-hydroxylation sites is 2. The molecular weight excluding hydrogens is 224 g/mol. The van der Waals surface area contributed by atoms with Crippen LogP contribution in [0.15, 0.2) is 28.7 Å². The van der Waals surface area contributed by atoms with Crippen LogP contribution < -0.4 is 0 Å². The average Bonchev–Trinajstić information content (AvgIpc) is 2.91. The molecule has 18 heavy (non-hydrogen) atoms. The molecule has 1 aromatic carbocycles. The van der Waals surface area contributed by atoms with Crippen LogP contribution in [0.25, 0.3) is 11.1 Å². The van der Waals surface area contributed by atoms with Gasteiger partial charge < -0.3 is 4.42 Å². The van der Waals surface area contributed by atoms with Crippen LogP contribution >= 0.6 is 0 Å². The van der Waals surface area contributed by atoms with Gasteiger partial charge in [0.1, 0.15) is 5.52 Å². The number of rotatable bonds is 2. The Bertz CT molecular complexity index is 525. The van der Waals surface area contributed by atoms with Gasteiger partial charge in [0.05, 0.1) is 0 Å². The number of hydrogen-bond acceptors (Lipinski definition) is 3. The maximum absolute atomic E-state index is 5.89. The molecule has 0 N–H and O–H groups in total. The van der Waals surface area contributed by atoms with Crippen molar-refractivity contribution in [1.82, 2.24) is 9.88 Å². The van der Waals surface area contributed by atoms with E-state index in [1.807, 2.05) is 24.3 Å². The molecular formula is C15H18N2O. The maximum atomic E-state index is 5.89. The molecule has 4 rings (SSSR count). The summed E-state index contributed by atoms with van der Waals surface area (Å²) in [6, 6.07) is 8.90. The molecule has 0 spiro atoms. The summed E-state index contributed by atoms with van der Waals surface area (Å²) in [5.41, 5.74) is 1.92. The quantitative estimate of drug-likeness (QED) is 0.810. The number of fused-ring (bicyclic) bond motifs is 1. The zero-order chi connectivity index (χ0) is 11.9. The van der Waals surface area contributed by atoms with E-state index in [0.29, 0.717) is 5.92 Å². The third-order valence-electron chi connectivity index (χ3n) is 4.47. The first kappa shape index (κ1) is 10.6. The summed E-state index contributed by atoms with van der Waals surface area (Å²) in [5, 5.41) is 0. The summed E-state index contributed by atoms with van der Waals surface area (Å²) in [6.45, 7) is 2.35. The highest BCUT2D eigenvalue weighted by Gasteiger charge is 2.34. The molecule has 1 saturated heterocycles. The van der Waals surface area contributed by atoms with E-state index in [-0.39, 0.29) is 0 Å². The van der Waals surface area contributed by atoms with Gasteiger partial charge >= 0.3 is 0 Å². The van der Waals surface area contributed by atoms with Crippen LogP contribution in [-0.2, 0) is 0 Å². The smallest absolute Gasteiger partial charge is 0.199 e. The number of likely N-dealkylation sites (tertiary alicyclic amines) is 1. The molecule has 1 aromatic heterocycles. The number of aromatic nitrogens is 1. The predicted molar refractivity (Wildman–Crippen MR) is 70.6 cm³/mol. The summed E-state index contributed by atoms with van der Waals surface area (Å²) in [4.78, 5) is 7.27. The third-order valence-corrected chi connectivity index (χ3v) is 4.47. The lowest BCUT2D eigenvalue weighted by molar-refractivity contribution is 0.156. The summed E-state index contributed by atoms with van der Waals surface area (Å²) < 4.78 is 5.89. The highest BCUT2D eigenvalue weighted by Crippen LogP contribution is 2.34. The zero-order valence-electron chi connectivity index (χ0n) is 10.5. The Morgan fingerprint density at radius 3 is 2.83 bits per heavy atom. The molecule has 94 valence electrons. The third kappa shape index (κ3) is 1.65. The Morgan fingerprint density at radius 2 is 2.06 bits per heavy atom. The normalized spacial score (nSPS) is 25.7. The summed E-state index contributed by atoms with van der Waals surface area (Å²) in [6.07, 6.45) is 5.39. The van der Waals surface area contributed by atoms with E-state index in [0.717, 1.165) is 29.6 Å². The Balaban J connectivity index is 1.56. The second kappa shape index (κ2) is 4.09. The predicted octanol–water partition coefficient (Wildman–Crippen LogP) is 3.17. The standard InChI is InChI=1S/C15H18N2O/c1-2-7-14-13(6-1)16-15(18-14)11-8-9-17(10-11)12-4-3-5-12/h1-2,6-7,11-12H,3-5,8-10H2/t11-/m0/s1. The first-order valence-electron chi connectivity index (χ1n) is 7.00. The lowest BCUT2D eigenvalue weighted by atomic mass is 9.92. The molecule has 2 aromatic rings. The number of hydrogen-bond donors (Lipinski definition) is 0. The van der Waals surface area contributed by atoms with E-state index in [1.54, 1.807) is 0 Å². The minimum absolute atomic E-state index is 0.498. The molecule has 1 saturated carbocycles. The molecule has 1 aliphatic carbocycles. The zero-order valence-corrected chi connectivity index (χ0v) is 10.5. The van der Waals surface area contributed by atoms with E-state index in [1.165, 1.54) is 32.2 Å². The van der Waals surface area contributed by atoms with Crippen molar-refractivity contribution in [3.8, 4) is 0 Å². The maximum Gasteiger partial charge on any atom is 0.199 e. The van der Waals surface area contributed by atoms with E-state index in [4.69, 9.17) is 4.42 Å². The van der Waals surface area contributed by atoms with Crippen molar-refractivity contribution in [3.05, 3.63) is 30.2 Å². The van der Waals surface area contributed by atoms with Crippen molar-refractivity contribution in [2.24, 2.45) is 0 Å². The van der Waals surface area contributed by atoms with Gasteiger partial charge in [0, 0.05) is 18.5 Å². The van der Waals surface area contributed by atoms with E-state index in [2.05, 4.69) is 9.88 Å². The van der Waals surface area contributed by atoms with Gasteiger partial charge in [-0.25, -0.2) is 4.98 Å². The Hall–Kier alpha value is -1.35. The fourth-order valence-electron chi connectivity index (χ4n) is 3.14.